The molecule has 1 heterocycles. The van der Waals surface area contributed by atoms with Crippen LogP contribution in [0.4, 0.5) is 5.82 Å². The van der Waals surface area contributed by atoms with Crippen LogP contribution >= 0.6 is 0 Å². The van der Waals surface area contributed by atoms with Gasteiger partial charge < -0.3 is 10.4 Å². The van der Waals surface area contributed by atoms with Crippen LogP contribution in [0.15, 0.2) is 18.6 Å². The normalized spacial score (nSPS) is 25.1. The smallest absolute Gasteiger partial charge is 0.228 e. The van der Waals surface area contributed by atoms with Gasteiger partial charge in [0.2, 0.25) is 5.91 Å². The zero-order chi connectivity index (χ0) is 11.4. The van der Waals surface area contributed by atoms with Crippen LogP contribution in [-0.4, -0.2) is 27.1 Å². The molecular formula is C11H15N3O2. The molecule has 0 bridgehead atoms. The lowest BCUT2D eigenvalue weighted by Gasteiger charge is -2.24. The van der Waals surface area contributed by atoms with E-state index >= 15 is 0 Å². The van der Waals surface area contributed by atoms with Gasteiger partial charge >= 0.3 is 0 Å². The molecule has 0 atom stereocenters. The van der Waals surface area contributed by atoms with Gasteiger partial charge in [0, 0.05) is 12.1 Å². The molecule has 0 unspecified atom stereocenters. The number of carbonyl (C=O) groups is 1. The number of aliphatic hydroxyl groups is 1. The molecule has 1 aliphatic rings. The Morgan fingerprint density at radius 2 is 2.12 bits per heavy atom. The van der Waals surface area contributed by atoms with Crippen LogP contribution in [0.1, 0.15) is 25.7 Å². The van der Waals surface area contributed by atoms with Crippen LogP contribution in [0, 0.1) is 5.92 Å². The second-order valence-corrected chi connectivity index (χ2v) is 4.09. The van der Waals surface area contributed by atoms with Crippen LogP contribution in [0.3, 0.4) is 0 Å². The second-order valence-electron chi connectivity index (χ2n) is 4.09. The van der Waals surface area contributed by atoms with Gasteiger partial charge in [0.15, 0.2) is 0 Å². The van der Waals surface area contributed by atoms with Gasteiger partial charge in [0.25, 0.3) is 0 Å². The molecule has 1 aromatic heterocycles. The van der Waals surface area contributed by atoms with Crippen molar-refractivity contribution in [1.82, 2.24) is 9.97 Å². The van der Waals surface area contributed by atoms with Gasteiger partial charge in [-0.1, -0.05) is 0 Å². The van der Waals surface area contributed by atoms with E-state index in [4.69, 9.17) is 0 Å². The number of aliphatic hydroxyl groups excluding tert-OH is 1. The van der Waals surface area contributed by atoms with E-state index in [-0.39, 0.29) is 17.9 Å². The predicted octanol–water partition coefficient (Wildman–Crippen LogP) is 0.966. The van der Waals surface area contributed by atoms with Gasteiger partial charge in [-0.15, -0.1) is 0 Å². The summed E-state index contributed by atoms with van der Waals surface area (Å²) in [6.45, 7) is 0. The first-order valence-electron chi connectivity index (χ1n) is 5.50. The van der Waals surface area contributed by atoms with Gasteiger partial charge in [-0.25, -0.2) is 9.97 Å². The van der Waals surface area contributed by atoms with E-state index in [1.807, 2.05) is 0 Å². The Hall–Kier alpha value is -1.49. The van der Waals surface area contributed by atoms with Crippen molar-refractivity contribution in [1.29, 1.82) is 0 Å². The second kappa shape index (κ2) is 5.03. The van der Waals surface area contributed by atoms with E-state index in [0.717, 1.165) is 12.8 Å². The molecule has 0 radical (unpaired) electrons. The molecule has 5 heteroatoms. The monoisotopic (exact) mass is 221 g/mol. The van der Waals surface area contributed by atoms with Gasteiger partial charge in [-0.05, 0) is 31.7 Å². The molecule has 2 N–H and O–H groups in total. The summed E-state index contributed by atoms with van der Waals surface area (Å²) in [6, 6.07) is 1.66. The third-order valence-corrected chi connectivity index (χ3v) is 2.90. The molecule has 0 saturated heterocycles. The molecule has 1 amide bonds. The zero-order valence-electron chi connectivity index (χ0n) is 8.97. The highest BCUT2D eigenvalue weighted by atomic mass is 16.3. The van der Waals surface area contributed by atoms with Crippen LogP contribution in [-0.2, 0) is 4.79 Å². The third kappa shape index (κ3) is 2.76. The van der Waals surface area contributed by atoms with Crippen molar-refractivity contribution >= 4 is 11.7 Å². The number of carbonyl (C=O) groups excluding carboxylic acids is 1. The van der Waals surface area contributed by atoms with Crippen molar-refractivity contribution in [2.75, 3.05) is 5.32 Å². The van der Waals surface area contributed by atoms with Crippen molar-refractivity contribution in [3.05, 3.63) is 18.6 Å². The van der Waals surface area contributed by atoms with Gasteiger partial charge in [0.1, 0.15) is 12.1 Å². The molecule has 0 aromatic carbocycles. The Morgan fingerprint density at radius 1 is 1.38 bits per heavy atom. The Kier molecular flexibility index (Phi) is 3.46. The Bertz CT molecular complexity index is 348. The van der Waals surface area contributed by atoms with Gasteiger partial charge in [-0.2, -0.15) is 0 Å². The summed E-state index contributed by atoms with van der Waals surface area (Å²) in [6.07, 6.45) is 5.68. The Labute approximate surface area is 93.9 Å². The number of anilines is 1. The lowest BCUT2D eigenvalue weighted by molar-refractivity contribution is -0.121. The highest BCUT2D eigenvalue weighted by molar-refractivity contribution is 5.91. The first kappa shape index (κ1) is 11.0. The SMILES string of the molecule is O=C(Nc1ccncn1)C1CCC(O)CC1. The van der Waals surface area contributed by atoms with Crippen molar-refractivity contribution in [3.8, 4) is 0 Å². The van der Waals surface area contributed by atoms with Crippen molar-refractivity contribution in [3.63, 3.8) is 0 Å². The standard InChI is InChI=1S/C11H15N3O2/c15-9-3-1-8(2-4-9)11(16)14-10-5-6-12-7-13-10/h5-9,15H,1-4H2,(H,12,13,14,16). The van der Waals surface area contributed by atoms with Crippen LogP contribution < -0.4 is 5.32 Å². The average molecular weight is 221 g/mol. The quantitative estimate of drug-likeness (QED) is 0.780. The molecule has 1 fully saturated rings. The summed E-state index contributed by atoms with van der Waals surface area (Å²) in [5, 5.41) is 12.1. The minimum Gasteiger partial charge on any atom is -0.393 e. The fraction of sp³-hybridized carbons (Fsp3) is 0.545. The molecule has 2 rings (SSSR count). The lowest BCUT2D eigenvalue weighted by Crippen LogP contribution is -2.29. The lowest BCUT2D eigenvalue weighted by atomic mass is 9.87. The summed E-state index contributed by atoms with van der Waals surface area (Å²) in [5.41, 5.74) is 0. The molecule has 0 spiro atoms. The third-order valence-electron chi connectivity index (χ3n) is 2.90. The molecule has 0 aliphatic heterocycles. The van der Waals surface area contributed by atoms with Crippen molar-refractivity contribution in [2.24, 2.45) is 5.92 Å². The highest BCUT2D eigenvalue weighted by Gasteiger charge is 2.25. The van der Waals surface area contributed by atoms with Crippen LogP contribution in [0.5, 0.6) is 0 Å². The molecule has 86 valence electrons. The van der Waals surface area contributed by atoms with E-state index in [1.165, 1.54) is 6.33 Å². The van der Waals surface area contributed by atoms with Gasteiger partial charge in [0.05, 0.1) is 6.10 Å². The van der Waals surface area contributed by atoms with E-state index < -0.39 is 0 Å². The summed E-state index contributed by atoms with van der Waals surface area (Å²) in [7, 11) is 0. The number of rotatable bonds is 2. The largest absolute Gasteiger partial charge is 0.393 e. The number of amides is 1. The van der Waals surface area contributed by atoms with E-state index in [1.54, 1.807) is 12.3 Å². The van der Waals surface area contributed by atoms with Crippen molar-refractivity contribution in [2.45, 2.75) is 31.8 Å². The topological polar surface area (TPSA) is 75.1 Å². The van der Waals surface area contributed by atoms with E-state index in [2.05, 4.69) is 15.3 Å². The maximum Gasteiger partial charge on any atom is 0.228 e. The molecule has 1 aromatic rings. The maximum absolute atomic E-state index is 11.8. The van der Waals surface area contributed by atoms with Gasteiger partial charge in [-0.3, -0.25) is 4.79 Å². The summed E-state index contributed by atoms with van der Waals surface area (Å²) >= 11 is 0. The minimum absolute atomic E-state index is 0.00151. The molecule has 16 heavy (non-hydrogen) atoms. The van der Waals surface area contributed by atoms with E-state index in [0.29, 0.717) is 18.7 Å². The van der Waals surface area contributed by atoms with Crippen LogP contribution in [0.25, 0.3) is 0 Å². The summed E-state index contributed by atoms with van der Waals surface area (Å²) < 4.78 is 0. The molecule has 5 nitrogen and oxygen atoms in total. The molecular weight excluding hydrogens is 206 g/mol. The number of hydrogen-bond acceptors (Lipinski definition) is 4. The first-order valence-corrected chi connectivity index (χ1v) is 5.50. The fourth-order valence-corrected chi connectivity index (χ4v) is 1.93. The summed E-state index contributed by atoms with van der Waals surface area (Å²) in [5.74, 6) is 0.523. The summed E-state index contributed by atoms with van der Waals surface area (Å²) in [4.78, 5) is 19.5. The molecule has 1 saturated carbocycles. The number of aromatic nitrogens is 2. The Balaban J connectivity index is 1.89. The fourth-order valence-electron chi connectivity index (χ4n) is 1.93. The zero-order valence-corrected chi connectivity index (χ0v) is 8.97. The van der Waals surface area contributed by atoms with Crippen LogP contribution in [0.2, 0.25) is 0 Å². The predicted molar refractivity (Wildman–Crippen MR) is 58.6 cm³/mol. The highest BCUT2D eigenvalue weighted by Crippen LogP contribution is 2.25. The maximum atomic E-state index is 11.8. The van der Waals surface area contributed by atoms with E-state index in [9.17, 15) is 9.90 Å². The number of nitrogens with zero attached hydrogens (tertiary/aromatic N) is 2. The van der Waals surface area contributed by atoms with Crippen molar-refractivity contribution < 1.29 is 9.90 Å². The molecule has 1 aliphatic carbocycles. The number of hydrogen-bond donors (Lipinski definition) is 2. The Morgan fingerprint density at radius 3 is 2.75 bits per heavy atom. The number of nitrogens with one attached hydrogen (secondary N) is 1. The minimum atomic E-state index is -0.233. The average Bonchev–Trinajstić information content (AvgIpc) is 2.31. The first-order chi connectivity index (χ1) is 7.75.